The first-order valence-electron chi connectivity index (χ1n) is 9.66. The minimum Gasteiger partial charge on any atom is -0.354 e. The van der Waals surface area contributed by atoms with Crippen LogP contribution in [0.1, 0.15) is 30.3 Å². The molecule has 0 fully saturated rings. The predicted molar refractivity (Wildman–Crippen MR) is 111 cm³/mol. The number of para-hydroxylation sites is 2. The molecule has 142 valence electrons. The van der Waals surface area contributed by atoms with E-state index in [-0.39, 0.29) is 11.9 Å². The van der Waals surface area contributed by atoms with Gasteiger partial charge in [-0.05, 0) is 42.7 Å². The molecular weight excluding hydrogens is 348 g/mol. The number of aromatic amines is 1. The minimum atomic E-state index is -0.186. The Hall–Kier alpha value is -3.34. The van der Waals surface area contributed by atoms with Crippen molar-refractivity contribution in [2.24, 2.45) is 0 Å². The number of rotatable bonds is 8. The first kappa shape index (κ1) is 18.0. The Kier molecular flexibility index (Phi) is 5.52. The van der Waals surface area contributed by atoms with E-state index in [1.807, 2.05) is 67.0 Å². The van der Waals surface area contributed by atoms with Crippen molar-refractivity contribution in [3.05, 3.63) is 90.5 Å². The number of nitrogens with one attached hydrogen (secondary N) is 2. The van der Waals surface area contributed by atoms with E-state index in [1.165, 1.54) is 5.56 Å². The smallest absolute Gasteiger partial charge is 0.220 e. The van der Waals surface area contributed by atoms with Crippen molar-refractivity contribution in [3.8, 4) is 0 Å². The molecule has 0 saturated heterocycles. The molecule has 2 aromatic heterocycles. The van der Waals surface area contributed by atoms with Gasteiger partial charge >= 0.3 is 0 Å². The largest absolute Gasteiger partial charge is 0.354 e. The minimum absolute atomic E-state index is 0.0496. The summed E-state index contributed by atoms with van der Waals surface area (Å²) in [7, 11) is 0. The number of imidazole rings is 1. The van der Waals surface area contributed by atoms with Crippen molar-refractivity contribution in [2.45, 2.75) is 31.8 Å². The molecule has 4 rings (SSSR count). The van der Waals surface area contributed by atoms with Crippen LogP contribution < -0.4 is 5.32 Å². The van der Waals surface area contributed by atoms with Crippen molar-refractivity contribution >= 4 is 16.9 Å². The number of carbonyl (C=O) groups excluding carboxylic acids is 1. The van der Waals surface area contributed by atoms with E-state index in [0.29, 0.717) is 12.8 Å². The van der Waals surface area contributed by atoms with Crippen molar-refractivity contribution in [1.82, 2.24) is 19.9 Å². The standard InChI is InChI=1S/C23H24N4O/c28-22(13-8-16-27-14-6-7-15-27)24-21(17-18-9-2-1-3-10-18)23-25-19-11-4-5-12-20(19)26-23/h1-7,9-12,14-15,21H,8,13,16-17H2,(H,24,28)(H,25,26)/t21-/m0/s1. The first-order valence-corrected chi connectivity index (χ1v) is 9.66. The molecule has 0 aliphatic heterocycles. The highest BCUT2D eigenvalue weighted by molar-refractivity contribution is 5.77. The second-order valence-electron chi connectivity index (χ2n) is 6.97. The number of fused-ring (bicyclic) bond motifs is 1. The Morgan fingerprint density at radius 3 is 2.54 bits per heavy atom. The molecular formula is C23H24N4O. The lowest BCUT2D eigenvalue weighted by atomic mass is 10.1. The molecule has 2 aromatic carbocycles. The van der Waals surface area contributed by atoms with Gasteiger partial charge in [0.2, 0.25) is 5.91 Å². The van der Waals surface area contributed by atoms with E-state index >= 15 is 0 Å². The van der Waals surface area contributed by atoms with Crippen molar-refractivity contribution in [2.75, 3.05) is 0 Å². The van der Waals surface area contributed by atoms with Crippen LogP contribution >= 0.6 is 0 Å². The van der Waals surface area contributed by atoms with E-state index in [4.69, 9.17) is 4.98 Å². The highest BCUT2D eigenvalue weighted by atomic mass is 16.1. The molecule has 0 aliphatic carbocycles. The van der Waals surface area contributed by atoms with Gasteiger partial charge in [-0.3, -0.25) is 4.79 Å². The third-order valence-corrected chi connectivity index (χ3v) is 4.84. The zero-order chi connectivity index (χ0) is 19.2. The van der Waals surface area contributed by atoms with Crippen LogP contribution in [0.4, 0.5) is 0 Å². The molecule has 0 bridgehead atoms. The lowest BCUT2D eigenvalue weighted by Gasteiger charge is -2.17. The van der Waals surface area contributed by atoms with Gasteiger partial charge < -0.3 is 14.9 Å². The van der Waals surface area contributed by atoms with Gasteiger partial charge in [-0.25, -0.2) is 4.98 Å². The third-order valence-electron chi connectivity index (χ3n) is 4.84. The van der Waals surface area contributed by atoms with E-state index in [9.17, 15) is 4.79 Å². The van der Waals surface area contributed by atoms with Crippen LogP contribution in [0.15, 0.2) is 79.1 Å². The lowest BCUT2D eigenvalue weighted by Crippen LogP contribution is -2.30. The second-order valence-corrected chi connectivity index (χ2v) is 6.97. The van der Waals surface area contributed by atoms with E-state index in [0.717, 1.165) is 29.8 Å². The maximum atomic E-state index is 12.6. The molecule has 0 unspecified atom stereocenters. The SMILES string of the molecule is O=C(CCCn1cccc1)N[C@@H](Cc1ccccc1)c1nc2ccccc2[nH]1. The summed E-state index contributed by atoms with van der Waals surface area (Å²) < 4.78 is 2.09. The normalized spacial score (nSPS) is 12.1. The fraction of sp³-hybridized carbons (Fsp3) is 0.217. The van der Waals surface area contributed by atoms with Gasteiger partial charge in [0.15, 0.2) is 0 Å². The monoisotopic (exact) mass is 372 g/mol. The number of H-pyrrole nitrogens is 1. The summed E-state index contributed by atoms with van der Waals surface area (Å²) in [5, 5.41) is 3.18. The van der Waals surface area contributed by atoms with E-state index < -0.39 is 0 Å². The zero-order valence-corrected chi connectivity index (χ0v) is 15.7. The Balaban J connectivity index is 1.46. The Morgan fingerprint density at radius 1 is 1.00 bits per heavy atom. The van der Waals surface area contributed by atoms with Crippen LogP contribution in [0.5, 0.6) is 0 Å². The summed E-state index contributed by atoms with van der Waals surface area (Å²) in [6, 6.07) is 21.9. The maximum absolute atomic E-state index is 12.6. The van der Waals surface area contributed by atoms with Gasteiger partial charge in [0.1, 0.15) is 5.82 Å². The fourth-order valence-electron chi connectivity index (χ4n) is 3.41. The maximum Gasteiger partial charge on any atom is 0.220 e. The first-order chi connectivity index (χ1) is 13.8. The Morgan fingerprint density at radius 2 is 1.75 bits per heavy atom. The number of aryl methyl sites for hydroxylation is 1. The molecule has 0 saturated carbocycles. The summed E-state index contributed by atoms with van der Waals surface area (Å²) >= 11 is 0. The molecule has 0 radical (unpaired) electrons. The van der Waals surface area contributed by atoms with Gasteiger partial charge in [-0.1, -0.05) is 42.5 Å². The number of hydrogen-bond acceptors (Lipinski definition) is 2. The molecule has 5 nitrogen and oxygen atoms in total. The molecule has 0 spiro atoms. The van der Waals surface area contributed by atoms with Crippen molar-refractivity contribution < 1.29 is 4.79 Å². The number of amides is 1. The van der Waals surface area contributed by atoms with Gasteiger partial charge in [0, 0.05) is 25.4 Å². The molecule has 5 heteroatoms. The van der Waals surface area contributed by atoms with E-state index in [2.05, 4.69) is 27.0 Å². The van der Waals surface area contributed by atoms with Crippen LogP contribution in [0, 0.1) is 0 Å². The second kappa shape index (κ2) is 8.57. The summed E-state index contributed by atoms with van der Waals surface area (Å²) in [6.07, 6.45) is 6.03. The number of aromatic nitrogens is 3. The summed E-state index contributed by atoms with van der Waals surface area (Å²) in [4.78, 5) is 20.7. The number of benzene rings is 2. The molecule has 28 heavy (non-hydrogen) atoms. The molecule has 1 atom stereocenters. The molecule has 2 N–H and O–H groups in total. The average Bonchev–Trinajstić information content (AvgIpc) is 3.38. The number of hydrogen-bond donors (Lipinski definition) is 2. The lowest BCUT2D eigenvalue weighted by molar-refractivity contribution is -0.122. The quantitative estimate of drug-likeness (QED) is 0.486. The molecule has 2 heterocycles. The fourth-order valence-corrected chi connectivity index (χ4v) is 3.41. The average molecular weight is 372 g/mol. The predicted octanol–water partition coefficient (Wildman–Crippen LogP) is 4.24. The summed E-state index contributed by atoms with van der Waals surface area (Å²) in [6.45, 7) is 0.842. The summed E-state index contributed by atoms with van der Waals surface area (Å²) in [5.41, 5.74) is 3.07. The molecule has 4 aromatic rings. The van der Waals surface area contributed by atoms with Gasteiger partial charge in [-0.15, -0.1) is 0 Å². The number of nitrogens with zero attached hydrogens (tertiary/aromatic N) is 2. The van der Waals surface area contributed by atoms with Gasteiger partial charge in [0.25, 0.3) is 0 Å². The van der Waals surface area contributed by atoms with E-state index in [1.54, 1.807) is 0 Å². The number of carbonyl (C=O) groups is 1. The molecule has 1 amide bonds. The molecule has 0 aliphatic rings. The van der Waals surface area contributed by atoms with Gasteiger partial charge in [-0.2, -0.15) is 0 Å². The Bertz CT molecular complexity index is 988. The third kappa shape index (κ3) is 4.49. The van der Waals surface area contributed by atoms with Crippen LogP contribution in [0.2, 0.25) is 0 Å². The summed E-state index contributed by atoms with van der Waals surface area (Å²) in [5.74, 6) is 0.845. The van der Waals surface area contributed by atoms with Crippen LogP contribution in [-0.4, -0.2) is 20.4 Å². The zero-order valence-electron chi connectivity index (χ0n) is 15.7. The van der Waals surface area contributed by atoms with Crippen LogP contribution in [-0.2, 0) is 17.8 Å². The van der Waals surface area contributed by atoms with Crippen LogP contribution in [0.25, 0.3) is 11.0 Å². The highest BCUT2D eigenvalue weighted by Crippen LogP contribution is 2.20. The highest BCUT2D eigenvalue weighted by Gasteiger charge is 2.19. The van der Waals surface area contributed by atoms with Crippen molar-refractivity contribution in [1.29, 1.82) is 0 Å². The van der Waals surface area contributed by atoms with Crippen LogP contribution in [0.3, 0.4) is 0 Å². The Labute approximate surface area is 164 Å². The van der Waals surface area contributed by atoms with Crippen molar-refractivity contribution in [3.63, 3.8) is 0 Å². The topological polar surface area (TPSA) is 62.7 Å². The van der Waals surface area contributed by atoms with Gasteiger partial charge in [0.05, 0.1) is 17.1 Å².